The molecule has 110 valence electrons. The standard InChI is InChI=1S/C13H11FN2O4S/c1-20-13(17)9-5-2-3-6-10(9)21(18,19)16-12-8-4-7-11(14)15-12/h2-8H,1H3,(H,15,16). The highest BCUT2D eigenvalue weighted by Gasteiger charge is 2.23. The summed E-state index contributed by atoms with van der Waals surface area (Å²) in [6.45, 7) is 0. The number of carbonyl (C=O) groups excluding carboxylic acids is 1. The largest absolute Gasteiger partial charge is 0.465 e. The van der Waals surface area contributed by atoms with Gasteiger partial charge in [-0.3, -0.25) is 4.72 Å². The lowest BCUT2D eigenvalue weighted by Crippen LogP contribution is -2.18. The molecule has 0 bridgehead atoms. The Bertz CT molecular complexity index is 777. The van der Waals surface area contributed by atoms with E-state index >= 15 is 0 Å². The van der Waals surface area contributed by atoms with Gasteiger partial charge in [0.25, 0.3) is 10.0 Å². The van der Waals surface area contributed by atoms with E-state index in [1.165, 1.54) is 36.4 Å². The molecule has 21 heavy (non-hydrogen) atoms. The number of anilines is 1. The van der Waals surface area contributed by atoms with Crippen molar-refractivity contribution in [2.45, 2.75) is 4.90 Å². The number of hydrogen-bond acceptors (Lipinski definition) is 5. The van der Waals surface area contributed by atoms with Gasteiger partial charge in [-0.05, 0) is 24.3 Å². The summed E-state index contributed by atoms with van der Waals surface area (Å²) < 4.78 is 44.2. The molecule has 1 aromatic heterocycles. The van der Waals surface area contributed by atoms with Crippen molar-refractivity contribution < 1.29 is 22.3 Å². The molecule has 8 heteroatoms. The van der Waals surface area contributed by atoms with E-state index < -0.39 is 21.9 Å². The summed E-state index contributed by atoms with van der Waals surface area (Å²) in [6, 6.07) is 9.22. The van der Waals surface area contributed by atoms with Crippen LogP contribution in [0.2, 0.25) is 0 Å². The maximum atomic E-state index is 13.0. The van der Waals surface area contributed by atoms with Crippen LogP contribution in [0.25, 0.3) is 0 Å². The van der Waals surface area contributed by atoms with Gasteiger partial charge in [-0.15, -0.1) is 0 Å². The van der Waals surface area contributed by atoms with Gasteiger partial charge < -0.3 is 4.74 Å². The number of pyridine rings is 1. The van der Waals surface area contributed by atoms with Crippen molar-refractivity contribution in [1.82, 2.24) is 4.98 Å². The van der Waals surface area contributed by atoms with Crippen molar-refractivity contribution in [3.05, 3.63) is 54.0 Å². The van der Waals surface area contributed by atoms with Crippen LogP contribution in [-0.2, 0) is 14.8 Å². The van der Waals surface area contributed by atoms with E-state index in [2.05, 4.69) is 14.4 Å². The number of methoxy groups -OCH3 is 1. The van der Waals surface area contributed by atoms with Gasteiger partial charge in [0.15, 0.2) is 0 Å². The highest BCUT2D eigenvalue weighted by molar-refractivity contribution is 7.92. The number of esters is 1. The van der Waals surface area contributed by atoms with Gasteiger partial charge in [0.05, 0.1) is 12.7 Å². The van der Waals surface area contributed by atoms with Crippen molar-refractivity contribution in [2.75, 3.05) is 11.8 Å². The van der Waals surface area contributed by atoms with Gasteiger partial charge in [0, 0.05) is 0 Å². The second-order valence-corrected chi connectivity index (χ2v) is 5.59. The van der Waals surface area contributed by atoms with Crippen LogP contribution >= 0.6 is 0 Å². The van der Waals surface area contributed by atoms with E-state index in [1.807, 2.05) is 0 Å². The van der Waals surface area contributed by atoms with Crippen molar-refractivity contribution in [3.63, 3.8) is 0 Å². The molecule has 0 spiro atoms. The molecule has 0 aliphatic heterocycles. The molecule has 0 aliphatic rings. The third-order valence-corrected chi connectivity index (χ3v) is 3.95. The average molecular weight is 310 g/mol. The molecular formula is C13H11FN2O4S. The molecule has 2 rings (SSSR count). The van der Waals surface area contributed by atoms with E-state index in [-0.39, 0.29) is 16.3 Å². The quantitative estimate of drug-likeness (QED) is 0.687. The van der Waals surface area contributed by atoms with Gasteiger partial charge in [-0.1, -0.05) is 18.2 Å². The van der Waals surface area contributed by atoms with Crippen molar-refractivity contribution in [1.29, 1.82) is 0 Å². The van der Waals surface area contributed by atoms with E-state index in [0.29, 0.717) is 0 Å². The summed E-state index contributed by atoms with van der Waals surface area (Å²) >= 11 is 0. The Kier molecular flexibility index (Phi) is 4.18. The fraction of sp³-hybridized carbons (Fsp3) is 0.0769. The number of sulfonamides is 1. The normalized spacial score (nSPS) is 11.0. The lowest BCUT2D eigenvalue weighted by molar-refractivity contribution is 0.0596. The van der Waals surface area contributed by atoms with Crippen LogP contribution in [0.1, 0.15) is 10.4 Å². The van der Waals surface area contributed by atoms with Crippen molar-refractivity contribution in [2.24, 2.45) is 0 Å². The Labute approximate surface area is 120 Å². The van der Waals surface area contributed by atoms with Gasteiger partial charge in [0.1, 0.15) is 10.7 Å². The van der Waals surface area contributed by atoms with E-state index in [0.717, 1.165) is 13.2 Å². The first-order valence-corrected chi connectivity index (χ1v) is 7.25. The second kappa shape index (κ2) is 5.88. The van der Waals surface area contributed by atoms with Gasteiger partial charge >= 0.3 is 5.97 Å². The van der Waals surface area contributed by atoms with Crippen LogP contribution in [-0.4, -0.2) is 26.5 Å². The third kappa shape index (κ3) is 3.34. The molecule has 0 amide bonds. The Morgan fingerprint density at radius 3 is 2.57 bits per heavy atom. The van der Waals surface area contributed by atoms with Crippen LogP contribution in [0.5, 0.6) is 0 Å². The zero-order chi connectivity index (χ0) is 15.5. The molecule has 0 saturated carbocycles. The molecule has 1 heterocycles. The highest BCUT2D eigenvalue weighted by Crippen LogP contribution is 2.19. The summed E-state index contributed by atoms with van der Waals surface area (Å²) in [7, 11) is -2.95. The van der Waals surface area contributed by atoms with E-state index in [4.69, 9.17) is 0 Å². The maximum Gasteiger partial charge on any atom is 0.339 e. The maximum absolute atomic E-state index is 13.0. The van der Waals surface area contributed by atoms with Gasteiger partial charge in [0.2, 0.25) is 5.95 Å². The Hall–Kier alpha value is -2.48. The first kappa shape index (κ1) is 14.9. The van der Waals surface area contributed by atoms with Crippen LogP contribution in [0.4, 0.5) is 10.2 Å². The smallest absolute Gasteiger partial charge is 0.339 e. The summed E-state index contributed by atoms with van der Waals surface area (Å²) in [6.07, 6.45) is 0. The summed E-state index contributed by atoms with van der Waals surface area (Å²) in [5.41, 5.74) is -0.121. The van der Waals surface area contributed by atoms with Crippen LogP contribution in [0.3, 0.4) is 0 Å². The first-order valence-electron chi connectivity index (χ1n) is 5.77. The number of aromatic nitrogens is 1. The fourth-order valence-electron chi connectivity index (χ4n) is 1.64. The molecule has 2 aromatic rings. The van der Waals surface area contributed by atoms with Crippen LogP contribution in [0, 0.1) is 5.95 Å². The molecule has 0 aliphatic carbocycles. The van der Waals surface area contributed by atoms with Gasteiger partial charge in [-0.2, -0.15) is 4.39 Å². The Morgan fingerprint density at radius 2 is 1.90 bits per heavy atom. The molecule has 1 aromatic carbocycles. The Balaban J connectivity index is 2.43. The number of halogens is 1. The topological polar surface area (TPSA) is 85.4 Å². The number of rotatable bonds is 4. The highest BCUT2D eigenvalue weighted by atomic mass is 32.2. The molecule has 0 fully saturated rings. The number of benzene rings is 1. The second-order valence-electron chi connectivity index (χ2n) is 3.94. The monoisotopic (exact) mass is 310 g/mol. The molecular weight excluding hydrogens is 299 g/mol. The molecule has 1 N–H and O–H groups in total. The lowest BCUT2D eigenvalue weighted by atomic mass is 10.2. The number of nitrogens with zero attached hydrogens (tertiary/aromatic N) is 1. The number of ether oxygens (including phenoxy) is 1. The summed E-state index contributed by atoms with van der Waals surface area (Å²) in [4.78, 5) is 14.7. The minimum absolute atomic E-state index is 0.121. The minimum Gasteiger partial charge on any atom is -0.465 e. The zero-order valence-electron chi connectivity index (χ0n) is 10.9. The van der Waals surface area contributed by atoms with Crippen LogP contribution in [0.15, 0.2) is 47.4 Å². The molecule has 0 unspecified atom stereocenters. The average Bonchev–Trinajstić information content (AvgIpc) is 2.46. The third-order valence-electron chi connectivity index (χ3n) is 2.54. The molecule has 0 atom stereocenters. The van der Waals surface area contributed by atoms with Crippen LogP contribution < -0.4 is 4.72 Å². The fourth-order valence-corrected chi connectivity index (χ4v) is 2.83. The molecule has 6 nitrogen and oxygen atoms in total. The summed E-state index contributed by atoms with van der Waals surface area (Å²) in [5.74, 6) is -1.80. The van der Waals surface area contributed by atoms with E-state index in [9.17, 15) is 17.6 Å². The molecule has 0 radical (unpaired) electrons. The summed E-state index contributed by atoms with van der Waals surface area (Å²) in [5, 5.41) is 0. The number of nitrogens with one attached hydrogen (secondary N) is 1. The zero-order valence-corrected chi connectivity index (χ0v) is 11.7. The number of carbonyl (C=O) groups is 1. The SMILES string of the molecule is COC(=O)c1ccccc1S(=O)(=O)Nc1cccc(F)n1. The van der Waals surface area contributed by atoms with Crippen molar-refractivity contribution >= 4 is 21.8 Å². The van der Waals surface area contributed by atoms with Crippen molar-refractivity contribution in [3.8, 4) is 0 Å². The minimum atomic E-state index is -4.10. The van der Waals surface area contributed by atoms with Gasteiger partial charge in [-0.25, -0.2) is 18.2 Å². The lowest BCUT2D eigenvalue weighted by Gasteiger charge is -2.10. The Morgan fingerprint density at radius 1 is 1.19 bits per heavy atom. The predicted octanol–water partition coefficient (Wildman–Crippen LogP) is 1.81. The predicted molar refractivity (Wildman–Crippen MR) is 72.8 cm³/mol. The molecule has 0 saturated heterocycles. The first-order chi connectivity index (χ1) is 9.94. The van der Waals surface area contributed by atoms with E-state index in [1.54, 1.807) is 0 Å². The number of hydrogen-bond donors (Lipinski definition) is 1.